The first-order valence-corrected chi connectivity index (χ1v) is 22.8. The van der Waals surface area contributed by atoms with E-state index >= 15 is 0 Å². The quantitative estimate of drug-likeness (QED) is 0.145. The molecule has 67 heavy (non-hydrogen) atoms. The van der Waals surface area contributed by atoms with Crippen LogP contribution in [0.5, 0.6) is 0 Å². The molecule has 0 spiro atoms. The molecular weight excluding hydrogens is 811 g/mol. The lowest BCUT2D eigenvalue weighted by Gasteiger charge is -2.13. The van der Waals surface area contributed by atoms with Gasteiger partial charge in [-0.1, -0.05) is 206 Å². The first-order chi connectivity index (χ1) is 33.2. The van der Waals surface area contributed by atoms with Crippen molar-refractivity contribution in [2.45, 2.75) is 0 Å². The molecule has 0 unspecified atom stereocenters. The summed E-state index contributed by atoms with van der Waals surface area (Å²) in [6, 6.07) is 93.0. The Morgan fingerprint density at radius 1 is 0.224 bits per heavy atom. The number of hydrogen-bond donors (Lipinski definition) is 0. The molecule has 0 aliphatic heterocycles. The van der Waals surface area contributed by atoms with Crippen molar-refractivity contribution in [2.24, 2.45) is 0 Å². The highest BCUT2D eigenvalue weighted by Crippen LogP contribution is 2.36. The summed E-state index contributed by atoms with van der Waals surface area (Å²) in [6.07, 6.45) is 0. The summed E-state index contributed by atoms with van der Waals surface area (Å²) in [5, 5.41) is 2.45. The topological polar surface area (TPSA) is 30.7 Å². The molecule has 0 radical (unpaired) electrons. The van der Waals surface area contributed by atoms with Crippen LogP contribution in [0.1, 0.15) is 0 Å². The van der Waals surface area contributed by atoms with Crippen LogP contribution in [-0.4, -0.2) is 14.5 Å². The van der Waals surface area contributed by atoms with Gasteiger partial charge >= 0.3 is 0 Å². The molecule has 0 saturated heterocycles. The van der Waals surface area contributed by atoms with Gasteiger partial charge in [0.25, 0.3) is 0 Å². The average molecular weight is 854 g/mol. The molecule has 0 aliphatic rings. The van der Waals surface area contributed by atoms with Gasteiger partial charge in [-0.2, -0.15) is 0 Å². The minimum atomic E-state index is 0.668. The normalized spacial score (nSPS) is 11.3. The van der Waals surface area contributed by atoms with E-state index in [2.05, 4.69) is 265 Å². The Labute approximate surface area is 390 Å². The van der Waals surface area contributed by atoms with Gasteiger partial charge in [0.2, 0.25) is 0 Å². The molecular formula is C64H43N3. The van der Waals surface area contributed by atoms with Crippen LogP contribution in [0.2, 0.25) is 0 Å². The maximum Gasteiger partial charge on any atom is 0.160 e. The molecule has 12 rings (SSSR count). The summed E-state index contributed by atoms with van der Waals surface area (Å²) in [5.74, 6) is 0.668. The van der Waals surface area contributed by atoms with Crippen LogP contribution in [0.4, 0.5) is 0 Å². The van der Waals surface area contributed by atoms with Crippen LogP contribution in [0.3, 0.4) is 0 Å². The van der Waals surface area contributed by atoms with Crippen LogP contribution in [0.25, 0.3) is 117 Å². The van der Waals surface area contributed by atoms with Crippen LogP contribution < -0.4 is 0 Å². The van der Waals surface area contributed by atoms with Gasteiger partial charge in [-0.25, -0.2) is 9.97 Å². The van der Waals surface area contributed by atoms with Gasteiger partial charge in [-0.15, -0.1) is 0 Å². The molecule has 0 saturated carbocycles. The van der Waals surface area contributed by atoms with Gasteiger partial charge in [-0.05, 0) is 110 Å². The van der Waals surface area contributed by atoms with Crippen molar-refractivity contribution >= 4 is 21.8 Å². The monoisotopic (exact) mass is 853 g/mol. The minimum Gasteiger partial charge on any atom is -0.309 e. The summed E-state index contributed by atoms with van der Waals surface area (Å²) in [5.41, 5.74) is 19.8. The molecule has 0 atom stereocenters. The second-order valence-corrected chi connectivity index (χ2v) is 17.0. The Kier molecular flexibility index (Phi) is 10.2. The second kappa shape index (κ2) is 17.2. The maximum atomic E-state index is 5.36. The number of nitrogens with zero attached hydrogens (tertiary/aromatic N) is 3. The van der Waals surface area contributed by atoms with E-state index in [1.807, 2.05) is 0 Å². The third kappa shape index (κ3) is 7.79. The summed E-state index contributed by atoms with van der Waals surface area (Å²) < 4.78 is 2.35. The number of aromatic nitrogens is 3. The lowest BCUT2D eigenvalue weighted by Crippen LogP contribution is -1.98. The van der Waals surface area contributed by atoms with Crippen molar-refractivity contribution < 1.29 is 0 Å². The van der Waals surface area contributed by atoms with E-state index in [-0.39, 0.29) is 0 Å². The SMILES string of the molecule is c1ccc(-c2cccc(-c3cccc(-c4ccc(-c5cc(-c6cccc(-c7cccc(-c8ccccc8)c7)c6)nc(-c6cccc(-n7c8ccccc8c8ccccc87)c6)n5)cc4)c3)c2)cc1. The molecule has 2 heterocycles. The van der Waals surface area contributed by atoms with Crippen LogP contribution >= 0.6 is 0 Å². The summed E-state index contributed by atoms with van der Waals surface area (Å²) in [4.78, 5) is 10.7. The fourth-order valence-electron chi connectivity index (χ4n) is 9.44. The molecule has 0 fully saturated rings. The zero-order valence-electron chi connectivity index (χ0n) is 36.7. The van der Waals surface area contributed by atoms with Crippen molar-refractivity contribution in [3.05, 3.63) is 261 Å². The molecule has 0 amide bonds. The summed E-state index contributed by atoms with van der Waals surface area (Å²) in [7, 11) is 0. The van der Waals surface area contributed by atoms with E-state index in [9.17, 15) is 0 Å². The van der Waals surface area contributed by atoms with E-state index < -0.39 is 0 Å². The molecule has 3 nitrogen and oxygen atoms in total. The maximum absolute atomic E-state index is 5.36. The van der Waals surface area contributed by atoms with Gasteiger partial charge in [0.15, 0.2) is 5.82 Å². The van der Waals surface area contributed by atoms with Gasteiger partial charge in [-0.3, -0.25) is 0 Å². The molecule has 314 valence electrons. The van der Waals surface area contributed by atoms with Crippen LogP contribution in [-0.2, 0) is 0 Å². The van der Waals surface area contributed by atoms with Crippen molar-refractivity contribution in [3.63, 3.8) is 0 Å². The van der Waals surface area contributed by atoms with Crippen molar-refractivity contribution in [1.82, 2.24) is 14.5 Å². The summed E-state index contributed by atoms with van der Waals surface area (Å²) >= 11 is 0. The highest BCUT2D eigenvalue weighted by Gasteiger charge is 2.16. The Bertz CT molecular complexity index is 3680. The Hall–Kier alpha value is -8.92. The highest BCUT2D eigenvalue weighted by molar-refractivity contribution is 6.09. The Balaban J connectivity index is 0.942. The zero-order valence-corrected chi connectivity index (χ0v) is 36.7. The molecule has 0 aliphatic carbocycles. The first-order valence-electron chi connectivity index (χ1n) is 22.8. The number of para-hydroxylation sites is 2. The first kappa shape index (κ1) is 39.7. The standard InChI is InChI=1S/C64H43N3/c1-3-16-44(17-4-1)48-20-11-23-51(38-48)52-24-13-22-50(40-52)46-34-36-47(37-35-46)60-43-61(55-27-14-26-54(41-55)53-25-12-21-49(39-53)45-18-5-2-6-19-45)66-64(65-60)56-28-15-29-57(42-56)67-62-32-9-7-30-58(62)59-31-8-10-33-63(59)67/h1-43H. The third-order valence-corrected chi connectivity index (χ3v) is 12.8. The minimum absolute atomic E-state index is 0.668. The molecule has 0 bridgehead atoms. The third-order valence-electron chi connectivity index (χ3n) is 12.8. The average Bonchev–Trinajstić information content (AvgIpc) is 3.76. The second-order valence-electron chi connectivity index (χ2n) is 17.0. The smallest absolute Gasteiger partial charge is 0.160 e. The Morgan fingerprint density at radius 3 is 1.07 bits per heavy atom. The van der Waals surface area contributed by atoms with E-state index in [1.54, 1.807) is 0 Å². The fraction of sp³-hybridized carbons (Fsp3) is 0. The van der Waals surface area contributed by atoms with E-state index in [4.69, 9.17) is 9.97 Å². The van der Waals surface area contributed by atoms with Gasteiger partial charge < -0.3 is 4.57 Å². The fourth-order valence-corrected chi connectivity index (χ4v) is 9.44. The predicted molar refractivity (Wildman–Crippen MR) is 280 cm³/mol. The van der Waals surface area contributed by atoms with Gasteiger partial charge in [0, 0.05) is 33.2 Å². The summed E-state index contributed by atoms with van der Waals surface area (Å²) in [6.45, 7) is 0. The number of rotatable bonds is 9. The highest BCUT2D eigenvalue weighted by atomic mass is 15.0. The lowest BCUT2D eigenvalue weighted by molar-refractivity contribution is 1.16. The predicted octanol–water partition coefficient (Wildman–Crippen LogP) is 16.9. The lowest BCUT2D eigenvalue weighted by atomic mass is 9.95. The van der Waals surface area contributed by atoms with Crippen LogP contribution in [0, 0.1) is 0 Å². The Morgan fingerprint density at radius 2 is 0.567 bits per heavy atom. The molecule has 12 aromatic rings. The number of benzene rings is 10. The van der Waals surface area contributed by atoms with Crippen molar-refractivity contribution in [1.29, 1.82) is 0 Å². The van der Waals surface area contributed by atoms with Gasteiger partial charge in [0.05, 0.1) is 22.4 Å². The largest absolute Gasteiger partial charge is 0.309 e. The van der Waals surface area contributed by atoms with Gasteiger partial charge in [0.1, 0.15) is 0 Å². The molecule has 0 N–H and O–H groups in total. The van der Waals surface area contributed by atoms with Crippen molar-refractivity contribution in [2.75, 3.05) is 0 Å². The number of fused-ring (bicyclic) bond motifs is 3. The van der Waals surface area contributed by atoms with E-state index in [1.165, 1.54) is 44.2 Å². The van der Waals surface area contributed by atoms with Crippen molar-refractivity contribution in [3.8, 4) is 95.2 Å². The van der Waals surface area contributed by atoms with Crippen LogP contribution in [0.15, 0.2) is 261 Å². The molecule has 10 aromatic carbocycles. The molecule has 2 aromatic heterocycles. The van der Waals surface area contributed by atoms with E-state index in [0.29, 0.717) is 5.82 Å². The zero-order chi connectivity index (χ0) is 44.5. The number of hydrogen-bond acceptors (Lipinski definition) is 2. The molecule has 3 heteroatoms. The van der Waals surface area contributed by atoms with E-state index in [0.717, 1.165) is 67.1 Å².